The number of thiophene rings is 1. The lowest BCUT2D eigenvalue weighted by Gasteiger charge is -2.11. The number of hydrogen-bond acceptors (Lipinski definition) is 5. The smallest absolute Gasteiger partial charge is 0.233 e. The Labute approximate surface area is 155 Å². The Kier molecular flexibility index (Phi) is 5.55. The summed E-state index contributed by atoms with van der Waals surface area (Å²) in [7, 11) is 1.93. The van der Waals surface area contributed by atoms with Crippen LogP contribution in [-0.2, 0) is 18.4 Å². The summed E-state index contributed by atoms with van der Waals surface area (Å²) in [5.74, 6) is 0.811. The minimum absolute atomic E-state index is 0.00107. The quantitative estimate of drug-likeness (QED) is 0.671. The summed E-state index contributed by atoms with van der Waals surface area (Å²) in [5.41, 5.74) is 2.20. The van der Waals surface area contributed by atoms with Crippen LogP contribution in [-0.4, -0.2) is 25.9 Å². The van der Waals surface area contributed by atoms with E-state index in [2.05, 4.69) is 28.5 Å². The van der Waals surface area contributed by atoms with Crippen molar-refractivity contribution in [2.75, 3.05) is 0 Å². The van der Waals surface area contributed by atoms with Crippen LogP contribution in [0.5, 0.6) is 0 Å². The van der Waals surface area contributed by atoms with Gasteiger partial charge in [0.2, 0.25) is 5.91 Å². The molecule has 0 saturated carbocycles. The lowest BCUT2D eigenvalue weighted by molar-refractivity contribution is -0.120. The fraction of sp³-hybridized carbons (Fsp3) is 0.278. The van der Waals surface area contributed by atoms with Gasteiger partial charge in [0.25, 0.3) is 0 Å². The highest BCUT2D eigenvalue weighted by molar-refractivity contribution is 8.00. The third kappa shape index (κ3) is 4.11. The Balaban J connectivity index is 1.67. The van der Waals surface area contributed by atoms with E-state index in [4.69, 9.17) is 0 Å². The number of carbonyl (C=O) groups is 1. The zero-order chi connectivity index (χ0) is 17.8. The van der Waals surface area contributed by atoms with E-state index >= 15 is 0 Å². The van der Waals surface area contributed by atoms with Crippen LogP contribution in [0.25, 0.3) is 11.4 Å². The lowest BCUT2D eigenvalue weighted by Crippen LogP contribution is -2.30. The van der Waals surface area contributed by atoms with Gasteiger partial charge in [-0.2, -0.15) is 0 Å². The summed E-state index contributed by atoms with van der Waals surface area (Å²) < 4.78 is 1.94. The predicted molar refractivity (Wildman–Crippen MR) is 103 cm³/mol. The number of carbonyl (C=O) groups excluding carboxylic acids is 1. The van der Waals surface area contributed by atoms with Gasteiger partial charge >= 0.3 is 0 Å². The molecular formula is C18H20N4OS2. The number of amides is 1. The van der Waals surface area contributed by atoms with Crippen LogP contribution in [0.3, 0.4) is 0 Å². The van der Waals surface area contributed by atoms with Gasteiger partial charge in [0.1, 0.15) is 0 Å². The second kappa shape index (κ2) is 7.84. The molecule has 5 nitrogen and oxygen atoms in total. The highest BCUT2D eigenvalue weighted by Gasteiger charge is 2.19. The van der Waals surface area contributed by atoms with E-state index in [1.54, 1.807) is 11.3 Å². The predicted octanol–water partition coefficient (Wildman–Crippen LogP) is 3.65. The molecule has 0 unspecified atom stereocenters. The van der Waals surface area contributed by atoms with Crippen LogP contribution in [0.2, 0.25) is 0 Å². The molecular weight excluding hydrogens is 352 g/mol. The molecule has 0 fully saturated rings. The van der Waals surface area contributed by atoms with Crippen molar-refractivity contribution in [2.45, 2.75) is 30.8 Å². The topological polar surface area (TPSA) is 59.8 Å². The van der Waals surface area contributed by atoms with Crippen molar-refractivity contribution < 1.29 is 4.79 Å². The average Bonchev–Trinajstić information content (AvgIpc) is 3.24. The van der Waals surface area contributed by atoms with E-state index in [0.29, 0.717) is 6.54 Å². The van der Waals surface area contributed by atoms with Gasteiger partial charge in [-0.1, -0.05) is 42.1 Å². The monoisotopic (exact) mass is 372 g/mol. The van der Waals surface area contributed by atoms with Crippen LogP contribution in [0.1, 0.15) is 17.4 Å². The molecule has 0 aliphatic rings. The molecule has 0 aliphatic carbocycles. The molecule has 1 aromatic carbocycles. The van der Waals surface area contributed by atoms with Crippen molar-refractivity contribution in [1.82, 2.24) is 20.1 Å². The number of aromatic nitrogens is 3. The van der Waals surface area contributed by atoms with Gasteiger partial charge in [0, 0.05) is 17.5 Å². The molecule has 1 N–H and O–H groups in total. The molecule has 2 heterocycles. The first-order valence-electron chi connectivity index (χ1n) is 7.98. The van der Waals surface area contributed by atoms with E-state index in [1.807, 2.05) is 54.3 Å². The van der Waals surface area contributed by atoms with Crippen molar-refractivity contribution in [1.29, 1.82) is 0 Å². The summed E-state index contributed by atoms with van der Waals surface area (Å²) in [4.78, 5) is 13.4. The molecule has 3 aromatic rings. The Morgan fingerprint density at radius 2 is 2.08 bits per heavy atom. The molecule has 0 saturated heterocycles. The highest BCUT2D eigenvalue weighted by Crippen LogP contribution is 2.27. The first-order valence-corrected chi connectivity index (χ1v) is 9.74. The Bertz CT molecular complexity index is 858. The minimum Gasteiger partial charge on any atom is -0.350 e. The van der Waals surface area contributed by atoms with Crippen LogP contribution in [0, 0.1) is 6.92 Å². The normalized spacial score (nSPS) is 12.1. The molecule has 7 heteroatoms. The molecule has 1 atom stereocenters. The van der Waals surface area contributed by atoms with Crippen LogP contribution >= 0.6 is 23.1 Å². The maximum atomic E-state index is 12.3. The van der Waals surface area contributed by atoms with Crippen molar-refractivity contribution >= 4 is 29.0 Å². The van der Waals surface area contributed by atoms with Gasteiger partial charge in [-0.3, -0.25) is 4.79 Å². The number of hydrogen-bond donors (Lipinski definition) is 1. The van der Waals surface area contributed by atoms with Gasteiger partial charge in [-0.05, 0) is 30.9 Å². The van der Waals surface area contributed by atoms with Gasteiger partial charge in [-0.25, -0.2) is 0 Å². The average molecular weight is 373 g/mol. The third-order valence-corrected chi connectivity index (χ3v) is 5.90. The second-order valence-corrected chi connectivity index (χ2v) is 8.08. The molecule has 3 rings (SSSR count). The molecule has 2 aromatic heterocycles. The van der Waals surface area contributed by atoms with Gasteiger partial charge in [0.15, 0.2) is 11.0 Å². The largest absolute Gasteiger partial charge is 0.350 e. The Hall–Kier alpha value is -2.12. The molecule has 25 heavy (non-hydrogen) atoms. The fourth-order valence-electron chi connectivity index (χ4n) is 2.42. The Morgan fingerprint density at radius 1 is 1.28 bits per heavy atom. The van der Waals surface area contributed by atoms with E-state index in [0.717, 1.165) is 27.0 Å². The summed E-state index contributed by atoms with van der Waals surface area (Å²) in [6.07, 6.45) is 0. The van der Waals surface area contributed by atoms with Crippen molar-refractivity contribution in [2.24, 2.45) is 7.05 Å². The molecule has 0 spiro atoms. The summed E-state index contributed by atoms with van der Waals surface area (Å²) in [5, 5.41) is 14.0. The first-order chi connectivity index (χ1) is 12.1. The maximum Gasteiger partial charge on any atom is 0.233 e. The summed E-state index contributed by atoms with van der Waals surface area (Å²) in [6, 6.07) is 12.1. The van der Waals surface area contributed by atoms with E-state index in [9.17, 15) is 4.79 Å². The molecule has 0 aliphatic heterocycles. The minimum atomic E-state index is -0.243. The first kappa shape index (κ1) is 17.7. The number of benzene rings is 1. The molecule has 130 valence electrons. The van der Waals surface area contributed by atoms with E-state index in [1.165, 1.54) is 11.8 Å². The zero-order valence-electron chi connectivity index (χ0n) is 14.4. The number of nitrogens with one attached hydrogen (secondary N) is 1. The van der Waals surface area contributed by atoms with Crippen LogP contribution in [0.4, 0.5) is 0 Å². The number of aryl methyl sites for hydroxylation is 1. The van der Waals surface area contributed by atoms with Gasteiger partial charge < -0.3 is 9.88 Å². The van der Waals surface area contributed by atoms with Crippen LogP contribution < -0.4 is 5.32 Å². The second-order valence-electron chi connectivity index (χ2n) is 5.74. The SMILES string of the molecule is Cc1ccccc1-c1nnc(S[C@H](C)C(=O)NCc2cccs2)n1C. The van der Waals surface area contributed by atoms with E-state index < -0.39 is 0 Å². The van der Waals surface area contributed by atoms with Gasteiger partial charge in [0.05, 0.1) is 11.8 Å². The Morgan fingerprint density at radius 3 is 2.80 bits per heavy atom. The standard InChI is InChI=1S/C18H20N4OS2/c1-12-7-4-5-9-15(12)16-20-21-18(22(16)3)25-13(2)17(23)19-11-14-8-6-10-24-14/h4-10,13H,11H2,1-3H3,(H,19,23)/t13-/m1/s1. The van der Waals surface area contributed by atoms with Gasteiger partial charge in [-0.15, -0.1) is 21.5 Å². The molecule has 0 bridgehead atoms. The summed E-state index contributed by atoms with van der Waals surface area (Å²) >= 11 is 3.05. The van der Waals surface area contributed by atoms with Crippen molar-refractivity contribution in [3.8, 4) is 11.4 Å². The number of nitrogens with zero attached hydrogens (tertiary/aromatic N) is 3. The van der Waals surface area contributed by atoms with Crippen LogP contribution in [0.15, 0.2) is 46.9 Å². The number of rotatable bonds is 6. The molecule has 0 radical (unpaired) electrons. The third-order valence-electron chi connectivity index (χ3n) is 3.89. The highest BCUT2D eigenvalue weighted by atomic mass is 32.2. The van der Waals surface area contributed by atoms with Crippen molar-refractivity contribution in [3.05, 3.63) is 52.2 Å². The lowest BCUT2D eigenvalue weighted by atomic mass is 10.1. The number of thioether (sulfide) groups is 1. The molecule has 1 amide bonds. The maximum absolute atomic E-state index is 12.3. The van der Waals surface area contributed by atoms with Crippen molar-refractivity contribution in [3.63, 3.8) is 0 Å². The summed E-state index contributed by atoms with van der Waals surface area (Å²) in [6.45, 7) is 4.50. The fourth-order valence-corrected chi connectivity index (χ4v) is 3.90. The van der Waals surface area contributed by atoms with E-state index in [-0.39, 0.29) is 11.2 Å². The zero-order valence-corrected chi connectivity index (χ0v) is 16.0.